The zero-order valence-corrected chi connectivity index (χ0v) is 15.2. The number of carbonyl (C=O) groups excluding carboxylic acids is 2. The van der Waals surface area contributed by atoms with Gasteiger partial charge >= 0.3 is 0 Å². The summed E-state index contributed by atoms with van der Waals surface area (Å²) in [5.74, 6) is -0.139. The first-order valence-electron chi connectivity index (χ1n) is 9.18. The fourth-order valence-corrected chi connectivity index (χ4v) is 3.86. The average molecular weight is 356 g/mol. The highest BCUT2D eigenvalue weighted by molar-refractivity contribution is 5.95. The minimum absolute atomic E-state index is 0.0278. The van der Waals surface area contributed by atoms with E-state index in [1.54, 1.807) is 21.8 Å². The van der Waals surface area contributed by atoms with E-state index in [1.807, 2.05) is 18.7 Å². The standard InChI is InChI=1S/C18H24N6O2/c1-12-15(11-22(2)20-12)18(26)23-7-8-24-14(10-23)9-16(21-24)17(25)19-13-5-3-4-6-13/h9,11,13H,3-8,10H2,1-2H3,(H,19,25). The van der Waals surface area contributed by atoms with Gasteiger partial charge in [0.15, 0.2) is 5.69 Å². The van der Waals surface area contributed by atoms with Gasteiger partial charge < -0.3 is 10.2 Å². The van der Waals surface area contributed by atoms with Gasteiger partial charge in [0, 0.05) is 25.8 Å². The maximum Gasteiger partial charge on any atom is 0.272 e. The summed E-state index contributed by atoms with van der Waals surface area (Å²) >= 11 is 0. The summed E-state index contributed by atoms with van der Waals surface area (Å²) < 4.78 is 3.49. The maximum absolute atomic E-state index is 12.8. The third kappa shape index (κ3) is 3.11. The topological polar surface area (TPSA) is 85.1 Å². The maximum atomic E-state index is 12.8. The normalized spacial score (nSPS) is 17.4. The zero-order valence-electron chi connectivity index (χ0n) is 15.2. The predicted octanol–water partition coefficient (Wildman–Crippen LogP) is 1.25. The molecule has 1 N–H and O–H groups in total. The molecule has 26 heavy (non-hydrogen) atoms. The molecule has 0 radical (unpaired) electrons. The molecule has 2 aromatic heterocycles. The Labute approximate surface area is 152 Å². The molecule has 2 aliphatic rings. The molecule has 2 aromatic rings. The predicted molar refractivity (Wildman–Crippen MR) is 94.6 cm³/mol. The lowest BCUT2D eigenvalue weighted by Crippen LogP contribution is -2.38. The first-order chi connectivity index (χ1) is 12.5. The minimum Gasteiger partial charge on any atom is -0.348 e. The molecular weight excluding hydrogens is 332 g/mol. The summed E-state index contributed by atoms with van der Waals surface area (Å²) in [6, 6.07) is 2.08. The Bertz CT molecular complexity index is 846. The third-order valence-electron chi connectivity index (χ3n) is 5.25. The van der Waals surface area contributed by atoms with Crippen LogP contribution < -0.4 is 5.32 Å². The van der Waals surface area contributed by atoms with Gasteiger partial charge in [0.2, 0.25) is 0 Å². The lowest BCUT2D eigenvalue weighted by atomic mass is 10.2. The van der Waals surface area contributed by atoms with Crippen LogP contribution in [-0.4, -0.2) is 48.9 Å². The van der Waals surface area contributed by atoms with E-state index in [0.717, 1.165) is 24.2 Å². The van der Waals surface area contributed by atoms with Gasteiger partial charge in [-0.3, -0.25) is 19.0 Å². The van der Waals surface area contributed by atoms with Crippen LogP contribution in [-0.2, 0) is 20.1 Å². The summed E-state index contributed by atoms with van der Waals surface area (Å²) in [6.45, 7) is 3.46. The van der Waals surface area contributed by atoms with Crippen molar-refractivity contribution in [2.45, 2.75) is 51.7 Å². The molecular formula is C18H24N6O2. The molecule has 0 bridgehead atoms. The lowest BCUT2D eigenvalue weighted by molar-refractivity contribution is 0.0704. The molecule has 1 saturated carbocycles. The Balaban J connectivity index is 1.47. The van der Waals surface area contributed by atoms with Crippen LogP contribution in [0.5, 0.6) is 0 Å². The van der Waals surface area contributed by atoms with E-state index in [0.29, 0.717) is 30.9 Å². The second-order valence-corrected chi connectivity index (χ2v) is 7.23. The van der Waals surface area contributed by atoms with Crippen LogP contribution in [0.4, 0.5) is 0 Å². The molecule has 8 heteroatoms. The molecule has 138 valence electrons. The minimum atomic E-state index is -0.111. The molecule has 0 aromatic carbocycles. The van der Waals surface area contributed by atoms with Gasteiger partial charge in [-0.25, -0.2) is 0 Å². The van der Waals surface area contributed by atoms with Crippen LogP contribution in [0, 0.1) is 6.92 Å². The van der Waals surface area contributed by atoms with Crippen molar-refractivity contribution in [3.63, 3.8) is 0 Å². The van der Waals surface area contributed by atoms with Crippen LogP contribution in [0.1, 0.15) is 57.9 Å². The molecule has 1 aliphatic heterocycles. The molecule has 0 spiro atoms. The Morgan fingerprint density at radius 2 is 1.96 bits per heavy atom. The Hall–Kier alpha value is -2.64. The van der Waals surface area contributed by atoms with Crippen LogP contribution >= 0.6 is 0 Å². The van der Waals surface area contributed by atoms with Gasteiger partial charge in [0.1, 0.15) is 0 Å². The van der Waals surface area contributed by atoms with E-state index in [-0.39, 0.29) is 17.9 Å². The molecule has 1 fully saturated rings. The van der Waals surface area contributed by atoms with E-state index in [9.17, 15) is 9.59 Å². The lowest BCUT2D eigenvalue weighted by Gasteiger charge is -2.27. The number of nitrogens with zero attached hydrogens (tertiary/aromatic N) is 5. The van der Waals surface area contributed by atoms with Gasteiger partial charge in [0.25, 0.3) is 11.8 Å². The number of fused-ring (bicyclic) bond motifs is 1. The van der Waals surface area contributed by atoms with E-state index in [1.165, 1.54) is 12.8 Å². The smallest absolute Gasteiger partial charge is 0.272 e. The quantitative estimate of drug-likeness (QED) is 0.897. The molecule has 2 amide bonds. The van der Waals surface area contributed by atoms with E-state index in [4.69, 9.17) is 0 Å². The Morgan fingerprint density at radius 1 is 1.19 bits per heavy atom. The van der Waals surface area contributed by atoms with Gasteiger partial charge in [-0.1, -0.05) is 12.8 Å². The van der Waals surface area contributed by atoms with E-state index >= 15 is 0 Å². The van der Waals surface area contributed by atoms with Crippen LogP contribution in [0.2, 0.25) is 0 Å². The molecule has 8 nitrogen and oxygen atoms in total. The highest BCUT2D eigenvalue weighted by Gasteiger charge is 2.27. The average Bonchev–Trinajstić information content (AvgIpc) is 3.33. The van der Waals surface area contributed by atoms with Crippen molar-refractivity contribution in [2.24, 2.45) is 7.05 Å². The van der Waals surface area contributed by atoms with Crippen LogP contribution in [0.15, 0.2) is 12.3 Å². The van der Waals surface area contributed by atoms with Crippen molar-refractivity contribution in [3.05, 3.63) is 34.9 Å². The van der Waals surface area contributed by atoms with Crippen molar-refractivity contribution >= 4 is 11.8 Å². The van der Waals surface area contributed by atoms with Gasteiger partial charge in [-0.15, -0.1) is 0 Å². The summed E-state index contributed by atoms with van der Waals surface area (Å²) in [5.41, 5.74) is 2.69. The molecule has 3 heterocycles. The SMILES string of the molecule is Cc1nn(C)cc1C(=O)N1CCn2nc(C(=O)NC3CCCC3)cc2C1. The number of amides is 2. The largest absolute Gasteiger partial charge is 0.348 e. The third-order valence-corrected chi connectivity index (χ3v) is 5.25. The number of aryl methyl sites for hydroxylation is 2. The van der Waals surface area contributed by atoms with Crippen molar-refractivity contribution in [2.75, 3.05) is 6.54 Å². The number of carbonyl (C=O) groups is 2. The molecule has 0 saturated heterocycles. The van der Waals surface area contributed by atoms with Crippen molar-refractivity contribution < 1.29 is 9.59 Å². The summed E-state index contributed by atoms with van der Waals surface area (Å²) in [4.78, 5) is 27.0. The zero-order chi connectivity index (χ0) is 18.3. The number of hydrogen-bond donors (Lipinski definition) is 1. The highest BCUT2D eigenvalue weighted by Crippen LogP contribution is 2.20. The first kappa shape index (κ1) is 16.8. The van der Waals surface area contributed by atoms with Gasteiger partial charge in [-0.05, 0) is 25.8 Å². The second-order valence-electron chi connectivity index (χ2n) is 7.23. The fourth-order valence-electron chi connectivity index (χ4n) is 3.86. The van der Waals surface area contributed by atoms with E-state index < -0.39 is 0 Å². The van der Waals surface area contributed by atoms with Gasteiger partial charge in [-0.2, -0.15) is 10.2 Å². The molecule has 1 aliphatic carbocycles. The molecule has 0 unspecified atom stereocenters. The van der Waals surface area contributed by atoms with Crippen LogP contribution in [0.3, 0.4) is 0 Å². The summed E-state index contributed by atoms with van der Waals surface area (Å²) in [6.07, 6.45) is 6.20. The number of nitrogens with one attached hydrogen (secondary N) is 1. The summed E-state index contributed by atoms with van der Waals surface area (Å²) in [5, 5.41) is 11.7. The van der Waals surface area contributed by atoms with Gasteiger partial charge in [0.05, 0.1) is 30.0 Å². The Kier molecular flexibility index (Phi) is 4.26. The van der Waals surface area contributed by atoms with Crippen molar-refractivity contribution in [1.82, 2.24) is 29.8 Å². The van der Waals surface area contributed by atoms with E-state index in [2.05, 4.69) is 15.5 Å². The molecule has 0 atom stereocenters. The monoisotopic (exact) mass is 356 g/mol. The number of hydrogen-bond acceptors (Lipinski definition) is 4. The van der Waals surface area contributed by atoms with Crippen molar-refractivity contribution in [1.29, 1.82) is 0 Å². The van der Waals surface area contributed by atoms with Crippen molar-refractivity contribution in [3.8, 4) is 0 Å². The summed E-state index contributed by atoms with van der Waals surface area (Å²) in [7, 11) is 1.81. The number of rotatable bonds is 3. The Morgan fingerprint density at radius 3 is 2.65 bits per heavy atom. The van der Waals surface area contributed by atoms with Crippen LogP contribution in [0.25, 0.3) is 0 Å². The second kappa shape index (κ2) is 6.59. The first-order valence-corrected chi connectivity index (χ1v) is 9.18. The fraction of sp³-hybridized carbons (Fsp3) is 0.556. The molecule has 4 rings (SSSR count). The number of aromatic nitrogens is 4. The highest BCUT2D eigenvalue weighted by atomic mass is 16.2.